The van der Waals surface area contributed by atoms with Crippen LogP contribution < -0.4 is 4.90 Å². The van der Waals surface area contributed by atoms with E-state index >= 15 is 0 Å². The van der Waals surface area contributed by atoms with Crippen molar-refractivity contribution in [3.05, 3.63) is 36.0 Å². The lowest BCUT2D eigenvalue weighted by Gasteiger charge is -2.33. The van der Waals surface area contributed by atoms with E-state index in [1.165, 1.54) is 24.7 Å². The van der Waals surface area contributed by atoms with Gasteiger partial charge in [0.25, 0.3) is 0 Å². The fourth-order valence-corrected chi connectivity index (χ4v) is 3.70. The third-order valence-corrected chi connectivity index (χ3v) is 5.02. The predicted octanol–water partition coefficient (Wildman–Crippen LogP) is 1.73. The fourth-order valence-electron chi connectivity index (χ4n) is 2.85. The van der Waals surface area contributed by atoms with Crippen LogP contribution in [0.15, 0.2) is 29.4 Å². The smallest absolute Gasteiger partial charge is 0.178 e. The van der Waals surface area contributed by atoms with Gasteiger partial charge in [0.05, 0.1) is 18.1 Å². The number of nitrogens with one attached hydrogen (secondary N) is 1. The van der Waals surface area contributed by atoms with Crippen molar-refractivity contribution in [2.75, 3.05) is 24.2 Å². The summed E-state index contributed by atoms with van der Waals surface area (Å²) >= 11 is 0. The molecule has 118 valence electrons. The summed E-state index contributed by atoms with van der Waals surface area (Å²) in [5.41, 5.74) is 0.648. The van der Waals surface area contributed by atoms with Gasteiger partial charge in [-0.15, -0.1) is 0 Å². The van der Waals surface area contributed by atoms with Crippen LogP contribution >= 0.6 is 0 Å². The largest absolute Gasteiger partial charge is 0.356 e. The molecule has 0 saturated carbocycles. The SMILES string of the molecule is CS(=O)(=O)c1cn[nH]c1C1CCCN(c2ccc(F)cn2)C1. The summed E-state index contributed by atoms with van der Waals surface area (Å²) in [4.78, 5) is 6.39. The van der Waals surface area contributed by atoms with Crippen LogP contribution in [0.2, 0.25) is 0 Å². The number of aromatic nitrogens is 3. The van der Waals surface area contributed by atoms with E-state index < -0.39 is 9.84 Å². The van der Waals surface area contributed by atoms with E-state index in [4.69, 9.17) is 0 Å². The lowest BCUT2D eigenvalue weighted by atomic mass is 9.95. The Kier molecular flexibility index (Phi) is 3.86. The molecule has 3 heterocycles. The Morgan fingerprint density at radius 1 is 1.36 bits per heavy atom. The Morgan fingerprint density at radius 2 is 2.18 bits per heavy atom. The van der Waals surface area contributed by atoms with E-state index in [0.29, 0.717) is 18.1 Å². The average molecular weight is 324 g/mol. The first-order valence-electron chi connectivity index (χ1n) is 7.05. The van der Waals surface area contributed by atoms with Crippen LogP contribution in [0, 0.1) is 5.82 Å². The molecular formula is C14H17FN4O2S. The van der Waals surface area contributed by atoms with Crippen LogP contribution in [0.5, 0.6) is 0 Å². The summed E-state index contributed by atoms with van der Waals surface area (Å²) in [6, 6.07) is 3.02. The number of piperidine rings is 1. The number of anilines is 1. The average Bonchev–Trinajstić information content (AvgIpc) is 2.98. The number of sulfone groups is 1. The second-order valence-electron chi connectivity index (χ2n) is 5.54. The van der Waals surface area contributed by atoms with Crippen LogP contribution in [0.4, 0.5) is 10.2 Å². The zero-order chi connectivity index (χ0) is 15.7. The number of H-pyrrole nitrogens is 1. The van der Waals surface area contributed by atoms with Gasteiger partial charge in [-0.1, -0.05) is 0 Å². The van der Waals surface area contributed by atoms with E-state index in [2.05, 4.69) is 15.2 Å². The molecule has 1 aliphatic rings. The molecule has 2 aromatic rings. The van der Waals surface area contributed by atoms with Crippen molar-refractivity contribution >= 4 is 15.7 Å². The normalized spacial score (nSPS) is 19.4. The zero-order valence-electron chi connectivity index (χ0n) is 12.2. The maximum Gasteiger partial charge on any atom is 0.178 e. The molecule has 22 heavy (non-hydrogen) atoms. The Labute approximate surface area is 128 Å². The standard InChI is InChI=1S/C14H17FN4O2S/c1-22(20,21)12-8-17-18-14(12)10-3-2-6-19(9-10)13-5-4-11(15)7-16-13/h4-5,7-8,10H,2-3,6,9H2,1H3,(H,17,18). The molecule has 2 aromatic heterocycles. The highest BCUT2D eigenvalue weighted by molar-refractivity contribution is 7.90. The molecule has 1 aliphatic heterocycles. The van der Waals surface area contributed by atoms with Gasteiger partial charge in [-0.3, -0.25) is 5.10 Å². The van der Waals surface area contributed by atoms with Crippen LogP contribution in [0.25, 0.3) is 0 Å². The number of hydrogen-bond acceptors (Lipinski definition) is 5. The van der Waals surface area contributed by atoms with Crippen molar-refractivity contribution in [2.45, 2.75) is 23.7 Å². The Balaban J connectivity index is 1.85. The van der Waals surface area contributed by atoms with Crippen LogP contribution in [0.1, 0.15) is 24.5 Å². The Hall–Kier alpha value is -1.96. The van der Waals surface area contributed by atoms with Crippen LogP contribution in [-0.4, -0.2) is 42.9 Å². The van der Waals surface area contributed by atoms with E-state index in [1.807, 2.05) is 4.90 Å². The molecule has 0 bridgehead atoms. The molecule has 1 saturated heterocycles. The molecular weight excluding hydrogens is 307 g/mol. The maximum atomic E-state index is 13.0. The van der Waals surface area contributed by atoms with E-state index in [0.717, 1.165) is 19.4 Å². The maximum absolute atomic E-state index is 13.0. The summed E-state index contributed by atoms with van der Waals surface area (Å²) in [6.45, 7) is 1.45. The second kappa shape index (κ2) is 5.68. The van der Waals surface area contributed by atoms with Crippen molar-refractivity contribution in [3.63, 3.8) is 0 Å². The third-order valence-electron chi connectivity index (χ3n) is 3.90. The molecule has 0 aromatic carbocycles. The third kappa shape index (κ3) is 2.96. The number of pyridine rings is 1. The summed E-state index contributed by atoms with van der Waals surface area (Å²) < 4.78 is 36.6. The number of aromatic amines is 1. The molecule has 1 N–H and O–H groups in total. The van der Waals surface area contributed by atoms with Gasteiger partial charge in [-0.05, 0) is 25.0 Å². The molecule has 8 heteroatoms. The summed E-state index contributed by atoms with van der Waals surface area (Å²) in [7, 11) is -3.30. The van der Waals surface area contributed by atoms with Gasteiger partial charge in [-0.25, -0.2) is 17.8 Å². The minimum Gasteiger partial charge on any atom is -0.356 e. The van der Waals surface area contributed by atoms with E-state index in [9.17, 15) is 12.8 Å². The van der Waals surface area contributed by atoms with E-state index in [-0.39, 0.29) is 16.6 Å². The van der Waals surface area contributed by atoms with Gasteiger partial charge >= 0.3 is 0 Å². The molecule has 0 spiro atoms. The van der Waals surface area contributed by atoms with Gasteiger partial charge in [0, 0.05) is 25.3 Å². The zero-order valence-corrected chi connectivity index (χ0v) is 13.0. The molecule has 1 fully saturated rings. The molecule has 1 unspecified atom stereocenters. The molecule has 0 amide bonds. The number of rotatable bonds is 3. The Morgan fingerprint density at radius 3 is 2.86 bits per heavy atom. The van der Waals surface area contributed by atoms with Crippen molar-refractivity contribution in [1.29, 1.82) is 0 Å². The number of hydrogen-bond donors (Lipinski definition) is 1. The highest BCUT2D eigenvalue weighted by atomic mass is 32.2. The van der Waals surface area contributed by atoms with Crippen molar-refractivity contribution in [3.8, 4) is 0 Å². The first-order valence-corrected chi connectivity index (χ1v) is 8.94. The molecule has 0 radical (unpaired) electrons. The monoisotopic (exact) mass is 324 g/mol. The molecule has 0 aliphatic carbocycles. The topological polar surface area (TPSA) is 79.0 Å². The summed E-state index contributed by atoms with van der Waals surface area (Å²) in [5.74, 6) is 0.365. The number of halogens is 1. The number of nitrogens with zero attached hydrogens (tertiary/aromatic N) is 3. The second-order valence-corrected chi connectivity index (χ2v) is 7.52. The van der Waals surface area contributed by atoms with Gasteiger partial charge in [0.15, 0.2) is 9.84 Å². The van der Waals surface area contributed by atoms with Crippen molar-refractivity contribution in [2.24, 2.45) is 0 Å². The van der Waals surface area contributed by atoms with Gasteiger partial charge in [-0.2, -0.15) is 5.10 Å². The molecule has 3 rings (SSSR count). The minimum absolute atomic E-state index is 0.0350. The van der Waals surface area contributed by atoms with Crippen LogP contribution in [0.3, 0.4) is 0 Å². The van der Waals surface area contributed by atoms with E-state index in [1.54, 1.807) is 6.07 Å². The first kappa shape index (κ1) is 15.0. The fraction of sp³-hybridized carbons (Fsp3) is 0.429. The summed E-state index contributed by atoms with van der Waals surface area (Å²) in [5, 5.41) is 6.71. The van der Waals surface area contributed by atoms with Gasteiger partial charge in [0.2, 0.25) is 0 Å². The Bertz CT molecular complexity index is 757. The first-order chi connectivity index (χ1) is 10.4. The highest BCUT2D eigenvalue weighted by Crippen LogP contribution is 2.31. The highest BCUT2D eigenvalue weighted by Gasteiger charge is 2.28. The van der Waals surface area contributed by atoms with Crippen molar-refractivity contribution in [1.82, 2.24) is 15.2 Å². The van der Waals surface area contributed by atoms with Gasteiger partial charge < -0.3 is 4.90 Å². The quantitative estimate of drug-likeness (QED) is 0.930. The van der Waals surface area contributed by atoms with Crippen LogP contribution in [-0.2, 0) is 9.84 Å². The predicted molar refractivity (Wildman–Crippen MR) is 80.1 cm³/mol. The van der Waals surface area contributed by atoms with Crippen molar-refractivity contribution < 1.29 is 12.8 Å². The molecule has 6 nitrogen and oxygen atoms in total. The molecule has 1 atom stereocenters. The summed E-state index contributed by atoms with van der Waals surface area (Å²) in [6.07, 6.45) is 5.52. The lowest BCUT2D eigenvalue weighted by Crippen LogP contribution is -2.35. The minimum atomic E-state index is -3.30. The lowest BCUT2D eigenvalue weighted by molar-refractivity contribution is 0.491. The van der Waals surface area contributed by atoms with Gasteiger partial charge in [0.1, 0.15) is 16.5 Å².